The molecule has 1 aromatic heterocycles. The summed E-state index contributed by atoms with van der Waals surface area (Å²) in [7, 11) is 0. The second-order valence-electron chi connectivity index (χ2n) is 7.19. The maximum atomic E-state index is 12.6. The summed E-state index contributed by atoms with van der Waals surface area (Å²) in [6.07, 6.45) is -3.91. The van der Waals surface area contributed by atoms with Crippen molar-refractivity contribution < 1.29 is 27.1 Å². The SMILES string of the molecule is Cc1ccc(C(CNC(=O)NCCc2ccc(C(F)(F)F)cc2)N2CCOCC2)o1. The quantitative estimate of drug-likeness (QED) is 0.713. The fraction of sp³-hybridized carbons (Fsp3) is 0.476. The van der Waals surface area contributed by atoms with Crippen LogP contribution in [0.3, 0.4) is 0 Å². The molecule has 1 atom stereocenters. The highest BCUT2D eigenvalue weighted by atomic mass is 19.4. The monoisotopic (exact) mass is 425 g/mol. The number of nitrogens with one attached hydrogen (secondary N) is 2. The topological polar surface area (TPSA) is 66.7 Å². The molecule has 2 amide bonds. The van der Waals surface area contributed by atoms with E-state index in [9.17, 15) is 18.0 Å². The van der Waals surface area contributed by atoms with E-state index in [0.29, 0.717) is 32.7 Å². The first-order valence-corrected chi connectivity index (χ1v) is 9.89. The number of rotatable bonds is 7. The lowest BCUT2D eigenvalue weighted by Gasteiger charge is -2.33. The Morgan fingerprint density at radius 2 is 1.80 bits per heavy atom. The fourth-order valence-corrected chi connectivity index (χ4v) is 3.36. The van der Waals surface area contributed by atoms with Crippen LogP contribution >= 0.6 is 0 Å². The number of furan rings is 1. The highest BCUT2D eigenvalue weighted by Crippen LogP contribution is 2.29. The van der Waals surface area contributed by atoms with Gasteiger partial charge in [-0.3, -0.25) is 4.90 Å². The van der Waals surface area contributed by atoms with Crippen molar-refractivity contribution >= 4 is 6.03 Å². The van der Waals surface area contributed by atoms with Gasteiger partial charge >= 0.3 is 12.2 Å². The second-order valence-corrected chi connectivity index (χ2v) is 7.19. The Labute approximate surface area is 173 Å². The van der Waals surface area contributed by atoms with Crippen molar-refractivity contribution in [3.8, 4) is 0 Å². The smallest absolute Gasteiger partial charge is 0.416 e. The van der Waals surface area contributed by atoms with Crippen LogP contribution < -0.4 is 10.6 Å². The first kappa shape index (κ1) is 22.2. The Kier molecular flexibility index (Phi) is 7.38. The number of urea groups is 1. The van der Waals surface area contributed by atoms with Gasteiger partial charge in [-0.15, -0.1) is 0 Å². The third-order valence-corrected chi connectivity index (χ3v) is 5.01. The fourth-order valence-electron chi connectivity index (χ4n) is 3.36. The number of benzene rings is 1. The largest absolute Gasteiger partial charge is 0.465 e. The van der Waals surface area contributed by atoms with Crippen molar-refractivity contribution in [1.29, 1.82) is 0 Å². The lowest BCUT2D eigenvalue weighted by atomic mass is 10.1. The van der Waals surface area contributed by atoms with Crippen molar-refractivity contribution in [2.75, 3.05) is 39.4 Å². The lowest BCUT2D eigenvalue weighted by molar-refractivity contribution is -0.137. The molecule has 2 heterocycles. The van der Waals surface area contributed by atoms with Gasteiger partial charge in [0.15, 0.2) is 0 Å². The summed E-state index contributed by atoms with van der Waals surface area (Å²) in [5, 5.41) is 5.61. The third-order valence-electron chi connectivity index (χ3n) is 5.01. The number of aryl methyl sites for hydroxylation is 1. The zero-order chi connectivity index (χ0) is 21.6. The van der Waals surface area contributed by atoms with Crippen molar-refractivity contribution in [3.63, 3.8) is 0 Å². The molecule has 2 aromatic rings. The number of carbonyl (C=O) groups excluding carboxylic acids is 1. The Bertz CT molecular complexity index is 815. The zero-order valence-electron chi connectivity index (χ0n) is 16.8. The molecule has 0 spiro atoms. The van der Waals surface area contributed by atoms with Crippen LogP contribution in [0.4, 0.5) is 18.0 Å². The van der Waals surface area contributed by atoms with E-state index in [1.165, 1.54) is 12.1 Å². The summed E-state index contributed by atoms with van der Waals surface area (Å²) in [5.41, 5.74) is 0.0415. The Balaban J connectivity index is 1.47. The minimum Gasteiger partial charge on any atom is -0.465 e. The van der Waals surface area contributed by atoms with E-state index >= 15 is 0 Å². The number of ether oxygens (including phenoxy) is 1. The predicted octanol–water partition coefficient (Wildman–Crippen LogP) is 3.52. The first-order valence-electron chi connectivity index (χ1n) is 9.89. The Morgan fingerprint density at radius 1 is 1.10 bits per heavy atom. The average molecular weight is 425 g/mol. The molecule has 3 rings (SSSR count). The highest BCUT2D eigenvalue weighted by Gasteiger charge is 2.30. The second kappa shape index (κ2) is 9.99. The van der Waals surface area contributed by atoms with Crippen LogP contribution in [0.25, 0.3) is 0 Å². The Hall–Kier alpha value is -2.52. The van der Waals surface area contributed by atoms with E-state index in [2.05, 4.69) is 15.5 Å². The molecular weight excluding hydrogens is 399 g/mol. The van der Waals surface area contributed by atoms with Gasteiger partial charge in [0.05, 0.1) is 24.8 Å². The molecule has 1 saturated heterocycles. The van der Waals surface area contributed by atoms with Crippen molar-refractivity contribution in [2.24, 2.45) is 0 Å². The van der Waals surface area contributed by atoms with Crippen molar-refractivity contribution in [2.45, 2.75) is 25.6 Å². The van der Waals surface area contributed by atoms with E-state index in [4.69, 9.17) is 9.15 Å². The molecule has 2 N–H and O–H groups in total. The number of hydrogen-bond acceptors (Lipinski definition) is 4. The molecule has 1 fully saturated rings. The van der Waals surface area contributed by atoms with Crippen LogP contribution in [0.1, 0.15) is 28.7 Å². The van der Waals surface area contributed by atoms with Gasteiger partial charge in [-0.2, -0.15) is 13.2 Å². The molecule has 6 nitrogen and oxygen atoms in total. The van der Waals surface area contributed by atoms with Crippen LogP contribution in [-0.2, 0) is 17.3 Å². The highest BCUT2D eigenvalue weighted by molar-refractivity contribution is 5.73. The molecular formula is C21H26F3N3O3. The predicted molar refractivity (Wildman–Crippen MR) is 105 cm³/mol. The minimum absolute atomic E-state index is 0.0942. The molecule has 1 aliphatic rings. The van der Waals surface area contributed by atoms with Gasteiger partial charge in [-0.05, 0) is 43.2 Å². The Morgan fingerprint density at radius 3 is 2.40 bits per heavy atom. The summed E-state index contributed by atoms with van der Waals surface area (Å²) in [6.45, 7) is 5.34. The van der Waals surface area contributed by atoms with E-state index in [0.717, 1.165) is 42.3 Å². The van der Waals surface area contributed by atoms with E-state index in [1.54, 1.807) is 0 Å². The number of nitrogens with zero attached hydrogens (tertiary/aromatic N) is 1. The molecule has 30 heavy (non-hydrogen) atoms. The first-order chi connectivity index (χ1) is 14.3. The van der Waals surface area contributed by atoms with Gasteiger partial charge in [-0.1, -0.05) is 12.1 Å². The van der Waals surface area contributed by atoms with Gasteiger partial charge in [-0.25, -0.2) is 4.79 Å². The number of morpholine rings is 1. The van der Waals surface area contributed by atoms with Crippen LogP contribution in [0.5, 0.6) is 0 Å². The summed E-state index contributed by atoms with van der Waals surface area (Å²) in [5.74, 6) is 1.60. The van der Waals surface area contributed by atoms with E-state index in [-0.39, 0.29) is 12.1 Å². The maximum absolute atomic E-state index is 12.6. The van der Waals surface area contributed by atoms with Crippen molar-refractivity contribution in [3.05, 3.63) is 59.0 Å². The zero-order valence-corrected chi connectivity index (χ0v) is 16.8. The van der Waals surface area contributed by atoms with Crippen molar-refractivity contribution in [1.82, 2.24) is 15.5 Å². The third kappa shape index (κ3) is 6.24. The van der Waals surface area contributed by atoms with Gasteiger partial charge in [0, 0.05) is 26.2 Å². The lowest BCUT2D eigenvalue weighted by Crippen LogP contribution is -2.45. The normalized spacial score (nSPS) is 16.3. The molecule has 0 bridgehead atoms. The molecule has 1 aromatic carbocycles. The minimum atomic E-state index is -4.35. The molecule has 1 aliphatic heterocycles. The van der Waals surface area contributed by atoms with Crippen LogP contribution in [-0.4, -0.2) is 50.3 Å². The number of hydrogen-bond donors (Lipinski definition) is 2. The van der Waals surface area contributed by atoms with Crippen LogP contribution in [0.2, 0.25) is 0 Å². The maximum Gasteiger partial charge on any atom is 0.416 e. The molecule has 1 unspecified atom stereocenters. The number of carbonyl (C=O) groups is 1. The average Bonchev–Trinajstić information content (AvgIpc) is 3.15. The summed E-state index contributed by atoms with van der Waals surface area (Å²) in [6, 6.07) is 8.34. The molecule has 164 valence electrons. The van der Waals surface area contributed by atoms with E-state index in [1.807, 2.05) is 19.1 Å². The summed E-state index contributed by atoms with van der Waals surface area (Å²) in [4.78, 5) is 14.4. The number of halogens is 3. The van der Waals surface area contributed by atoms with Crippen LogP contribution in [0.15, 0.2) is 40.8 Å². The molecule has 0 saturated carbocycles. The molecule has 0 radical (unpaired) electrons. The summed E-state index contributed by atoms with van der Waals surface area (Å²) >= 11 is 0. The molecule has 0 aliphatic carbocycles. The van der Waals surface area contributed by atoms with Gasteiger partial charge in [0.2, 0.25) is 0 Å². The number of alkyl halides is 3. The van der Waals surface area contributed by atoms with Gasteiger partial charge in [0.1, 0.15) is 11.5 Å². The standard InChI is InChI=1S/C21H26F3N3O3/c1-15-2-7-19(30-15)18(27-10-12-29-13-11-27)14-26-20(28)25-9-8-16-3-5-17(6-4-16)21(22,23)24/h2-7,18H,8-14H2,1H3,(H2,25,26,28). The van der Waals surface area contributed by atoms with E-state index < -0.39 is 11.7 Å². The number of amides is 2. The van der Waals surface area contributed by atoms with Gasteiger partial charge < -0.3 is 19.8 Å². The van der Waals surface area contributed by atoms with Gasteiger partial charge in [0.25, 0.3) is 0 Å². The van der Waals surface area contributed by atoms with Crippen LogP contribution in [0, 0.1) is 6.92 Å². The molecule has 9 heteroatoms. The summed E-state index contributed by atoms with van der Waals surface area (Å²) < 4.78 is 49.0.